The maximum absolute atomic E-state index is 12.2. The number of hydrogen-bond donors (Lipinski definition) is 2. The largest absolute Gasteiger partial charge is 0.481 e. The van der Waals surface area contributed by atoms with E-state index in [0.717, 1.165) is 25.7 Å². The Bertz CT molecular complexity index is 348. The van der Waals surface area contributed by atoms with Crippen LogP contribution >= 0.6 is 0 Å². The molecular formula is C13H22N2O4. The molecule has 2 amide bonds. The molecule has 2 rings (SSSR count). The number of rotatable bonds is 3. The van der Waals surface area contributed by atoms with E-state index < -0.39 is 11.9 Å². The molecule has 3 atom stereocenters. The molecule has 1 saturated carbocycles. The Morgan fingerprint density at radius 3 is 2.74 bits per heavy atom. The van der Waals surface area contributed by atoms with Gasteiger partial charge in [0, 0.05) is 20.2 Å². The number of amides is 2. The van der Waals surface area contributed by atoms with Gasteiger partial charge in [-0.05, 0) is 32.1 Å². The lowest BCUT2D eigenvalue weighted by Gasteiger charge is -2.32. The van der Waals surface area contributed by atoms with Gasteiger partial charge in [-0.2, -0.15) is 0 Å². The van der Waals surface area contributed by atoms with Crippen molar-refractivity contribution in [2.45, 2.75) is 44.2 Å². The quantitative estimate of drug-likeness (QED) is 0.803. The molecule has 0 radical (unpaired) electrons. The number of nitrogens with one attached hydrogen (secondary N) is 1. The summed E-state index contributed by atoms with van der Waals surface area (Å²) in [6.07, 6.45) is 4.45. The van der Waals surface area contributed by atoms with Gasteiger partial charge >= 0.3 is 12.0 Å². The molecule has 2 aliphatic rings. The number of carboxylic acids is 1. The van der Waals surface area contributed by atoms with Crippen LogP contribution in [0, 0.1) is 5.92 Å². The second-order valence-corrected chi connectivity index (χ2v) is 5.38. The number of hydrogen-bond acceptors (Lipinski definition) is 3. The predicted octanol–water partition coefficient (Wildman–Crippen LogP) is 1.06. The summed E-state index contributed by atoms with van der Waals surface area (Å²) in [7, 11) is 1.66. The fraction of sp³-hybridized carbons (Fsp3) is 0.846. The van der Waals surface area contributed by atoms with Crippen LogP contribution in [0.4, 0.5) is 4.79 Å². The van der Waals surface area contributed by atoms with Gasteiger partial charge in [0.2, 0.25) is 0 Å². The Morgan fingerprint density at radius 1 is 1.26 bits per heavy atom. The van der Waals surface area contributed by atoms with Crippen LogP contribution in [-0.4, -0.2) is 54.4 Å². The molecule has 2 fully saturated rings. The Labute approximate surface area is 113 Å². The zero-order valence-corrected chi connectivity index (χ0v) is 11.3. The van der Waals surface area contributed by atoms with Crippen LogP contribution in [0.5, 0.6) is 0 Å². The molecule has 1 aliphatic heterocycles. The summed E-state index contributed by atoms with van der Waals surface area (Å²) in [6.45, 7) is 0.950. The number of aliphatic carboxylic acids is 1. The topological polar surface area (TPSA) is 78.9 Å². The normalized spacial score (nSPS) is 31.2. The summed E-state index contributed by atoms with van der Waals surface area (Å²) in [5, 5.41) is 12.0. The third kappa shape index (κ3) is 3.37. The van der Waals surface area contributed by atoms with Crippen LogP contribution in [0.1, 0.15) is 32.1 Å². The average Bonchev–Trinajstić information content (AvgIpc) is 2.86. The second kappa shape index (κ2) is 6.23. The van der Waals surface area contributed by atoms with Gasteiger partial charge in [-0.3, -0.25) is 4.79 Å². The number of urea groups is 1. The lowest BCUT2D eigenvalue weighted by Crippen LogP contribution is -2.51. The highest BCUT2D eigenvalue weighted by molar-refractivity contribution is 5.76. The lowest BCUT2D eigenvalue weighted by molar-refractivity contribution is -0.143. The first-order valence-electron chi connectivity index (χ1n) is 6.93. The molecule has 2 unspecified atom stereocenters. The Morgan fingerprint density at radius 2 is 2.05 bits per heavy atom. The predicted molar refractivity (Wildman–Crippen MR) is 68.9 cm³/mol. The van der Waals surface area contributed by atoms with Crippen LogP contribution in [0.2, 0.25) is 0 Å². The van der Waals surface area contributed by atoms with E-state index in [4.69, 9.17) is 9.84 Å². The van der Waals surface area contributed by atoms with E-state index >= 15 is 0 Å². The maximum Gasteiger partial charge on any atom is 0.317 e. The standard InChI is InChI=1S/C13H22N2O4/c1-19-11-6-2-5-10(11)14-13(18)15-7-3-4-9(8-15)12(16)17/h9-11H,2-8H2,1H3,(H,14,18)(H,16,17)/t9-,10?,11?/m0/s1. The smallest absolute Gasteiger partial charge is 0.317 e. The van der Waals surface area contributed by atoms with Crippen molar-refractivity contribution in [3.63, 3.8) is 0 Å². The molecule has 0 bridgehead atoms. The van der Waals surface area contributed by atoms with Crippen molar-refractivity contribution in [1.82, 2.24) is 10.2 Å². The van der Waals surface area contributed by atoms with Crippen LogP contribution in [0.3, 0.4) is 0 Å². The summed E-state index contributed by atoms with van der Waals surface area (Å²) in [6, 6.07) is -0.0948. The highest BCUT2D eigenvalue weighted by Gasteiger charge is 2.32. The molecule has 6 heteroatoms. The number of ether oxygens (including phenoxy) is 1. The summed E-state index contributed by atoms with van der Waals surface area (Å²) < 4.78 is 5.34. The first-order chi connectivity index (χ1) is 9.11. The average molecular weight is 270 g/mol. The molecule has 0 aromatic heterocycles. The zero-order chi connectivity index (χ0) is 13.8. The maximum atomic E-state index is 12.2. The van der Waals surface area contributed by atoms with Crippen LogP contribution < -0.4 is 5.32 Å². The van der Waals surface area contributed by atoms with E-state index in [9.17, 15) is 9.59 Å². The molecule has 19 heavy (non-hydrogen) atoms. The van der Waals surface area contributed by atoms with Gasteiger partial charge in [-0.15, -0.1) is 0 Å². The Balaban J connectivity index is 1.87. The highest BCUT2D eigenvalue weighted by Crippen LogP contribution is 2.22. The van der Waals surface area contributed by atoms with E-state index in [2.05, 4.69) is 5.32 Å². The minimum Gasteiger partial charge on any atom is -0.481 e. The molecular weight excluding hydrogens is 248 g/mol. The molecule has 0 spiro atoms. The SMILES string of the molecule is COC1CCCC1NC(=O)N1CCC[C@H](C(=O)O)C1. The Hall–Kier alpha value is -1.30. The van der Waals surface area contributed by atoms with Crippen molar-refractivity contribution < 1.29 is 19.4 Å². The first kappa shape index (κ1) is 14.1. The first-order valence-corrected chi connectivity index (χ1v) is 6.93. The summed E-state index contributed by atoms with van der Waals surface area (Å²) >= 11 is 0. The van der Waals surface area contributed by atoms with Crippen molar-refractivity contribution in [3.05, 3.63) is 0 Å². The van der Waals surface area contributed by atoms with Gasteiger partial charge in [0.15, 0.2) is 0 Å². The van der Waals surface area contributed by atoms with Gasteiger partial charge in [-0.25, -0.2) is 4.79 Å². The summed E-state index contributed by atoms with van der Waals surface area (Å²) in [5.41, 5.74) is 0. The van der Waals surface area contributed by atoms with Gasteiger partial charge in [0.05, 0.1) is 18.1 Å². The highest BCUT2D eigenvalue weighted by atomic mass is 16.5. The van der Waals surface area contributed by atoms with Crippen LogP contribution in [-0.2, 0) is 9.53 Å². The fourth-order valence-corrected chi connectivity index (χ4v) is 2.99. The van der Waals surface area contributed by atoms with E-state index in [1.165, 1.54) is 0 Å². The number of likely N-dealkylation sites (tertiary alicyclic amines) is 1. The number of carbonyl (C=O) groups excluding carboxylic acids is 1. The zero-order valence-electron chi connectivity index (χ0n) is 11.3. The van der Waals surface area contributed by atoms with Crippen molar-refractivity contribution in [3.8, 4) is 0 Å². The number of methoxy groups -OCH3 is 1. The molecule has 1 heterocycles. The summed E-state index contributed by atoms with van der Waals surface area (Å²) in [4.78, 5) is 24.8. The third-order valence-electron chi connectivity index (χ3n) is 4.12. The monoisotopic (exact) mass is 270 g/mol. The second-order valence-electron chi connectivity index (χ2n) is 5.38. The van der Waals surface area contributed by atoms with Gasteiger partial charge in [0.1, 0.15) is 0 Å². The van der Waals surface area contributed by atoms with Gasteiger partial charge < -0.3 is 20.1 Å². The van der Waals surface area contributed by atoms with Crippen LogP contribution in [0.25, 0.3) is 0 Å². The minimum atomic E-state index is -0.812. The lowest BCUT2D eigenvalue weighted by atomic mass is 9.99. The fourth-order valence-electron chi connectivity index (χ4n) is 2.99. The molecule has 1 aliphatic carbocycles. The van der Waals surface area contributed by atoms with E-state index in [1.54, 1.807) is 12.0 Å². The number of carboxylic acid groups (broad SMARTS) is 1. The molecule has 0 aromatic carbocycles. The molecule has 0 aromatic rings. The van der Waals surface area contributed by atoms with Crippen molar-refractivity contribution >= 4 is 12.0 Å². The number of nitrogens with zero attached hydrogens (tertiary/aromatic N) is 1. The minimum absolute atomic E-state index is 0.0581. The molecule has 1 saturated heterocycles. The number of piperidine rings is 1. The van der Waals surface area contributed by atoms with Crippen LogP contribution in [0.15, 0.2) is 0 Å². The molecule has 108 valence electrons. The van der Waals surface area contributed by atoms with Crippen molar-refractivity contribution in [2.75, 3.05) is 20.2 Å². The van der Waals surface area contributed by atoms with E-state index in [-0.39, 0.29) is 18.2 Å². The van der Waals surface area contributed by atoms with Gasteiger partial charge in [0.25, 0.3) is 0 Å². The van der Waals surface area contributed by atoms with Gasteiger partial charge in [-0.1, -0.05) is 0 Å². The van der Waals surface area contributed by atoms with Crippen molar-refractivity contribution in [2.24, 2.45) is 5.92 Å². The number of carbonyl (C=O) groups is 2. The summed E-state index contributed by atoms with van der Waals surface area (Å²) in [5.74, 6) is -1.24. The Kier molecular flexibility index (Phi) is 4.63. The van der Waals surface area contributed by atoms with E-state index in [0.29, 0.717) is 19.5 Å². The van der Waals surface area contributed by atoms with Crippen molar-refractivity contribution in [1.29, 1.82) is 0 Å². The molecule has 6 nitrogen and oxygen atoms in total. The third-order valence-corrected chi connectivity index (χ3v) is 4.12. The van der Waals surface area contributed by atoms with E-state index in [1.807, 2.05) is 0 Å². The molecule has 2 N–H and O–H groups in total.